The van der Waals surface area contributed by atoms with Gasteiger partial charge in [-0.1, -0.05) is 42.5 Å². The van der Waals surface area contributed by atoms with Crippen molar-refractivity contribution >= 4 is 23.1 Å². The molecule has 0 aliphatic carbocycles. The first-order valence-corrected chi connectivity index (χ1v) is 8.15. The number of aromatic nitrogens is 1. The molecule has 6 heteroatoms. The summed E-state index contributed by atoms with van der Waals surface area (Å²) in [6.45, 7) is 2.62. The molecule has 2 aromatic carbocycles. The van der Waals surface area contributed by atoms with Crippen LogP contribution in [0.2, 0.25) is 0 Å². The van der Waals surface area contributed by atoms with Crippen molar-refractivity contribution in [1.29, 1.82) is 0 Å². The van der Waals surface area contributed by atoms with Gasteiger partial charge in [0.25, 0.3) is 0 Å². The number of benzene rings is 2. The number of quaternary nitrogens is 1. The van der Waals surface area contributed by atoms with E-state index in [0.717, 1.165) is 37.4 Å². The molecular formula is C18H20N5O+. The number of hydrogen-bond acceptors (Lipinski definition) is 5. The van der Waals surface area contributed by atoms with Crippen LogP contribution in [-0.2, 0) is 6.42 Å². The van der Waals surface area contributed by atoms with Crippen molar-refractivity contribution in [3.63, 3.8) is 0 Å². The van der Waals surface area contributed by atoms with E-state index in [9.17, 15) is 0 Å². The smallest absolute Gasteiger partial charge is 0.302 e. The summed E-state index contributed by atoms with van der Waals surface area (Å²) in [5.41, 5.74) is 2.97. The Morgan fingerprint density at radius 1 is 1.08 bits per heavy atom. The molecule has 3 N–H and O–H groups in total. The van der Waals surface area contributed by atoms with Gasteiger partial charge in [0.05, 0.1) is 6.54 Å². The molecule has 0 amide bonds. The first kappa shape index (κ1) is 14.7. The summed E-state index contributed by atoms with van der Waals surface area (Å²) in [5, 5.41) is 6.41. The maximum atomic E-state index is 5.65. The van der Waals surface area contributed by atoms with E-state index in [-0.39, 0.29) is 0 Å². The van der Waals surface area contributed by atoms with Gasteiger partial charge in [0.15, 0.2) is 18.9 Å². The fraction of sp³-hybridized carbons (Fsp3) is 0.222. The molecule has 4 rings (SSSR count). The lowest BCUT2D eigenvalue weighted by Gasteiger charge is -2.23. The maximum Gasteiger partial charge on any atom is 0.302 e. The van der Waals surface area contributed by atoms with E-state index in [1.807, 2.05) is 30.3 Å². The SMILES string of the molecule is c1ccc(CC[NH+]2CN=C(Nc3nc4ccccc4o3)NC2)cc1. The summed E-state index contributed by atoms with van der Waals surface area (Å²) in [6, 6.07) is 18.7. The van der Waals surface area contributed by atoms with Crippen LogP contribution in [-0.4, -0.2) is 30.8 Å². The average Bonchev–Trinajstić information content (AvgIpc) is 3.04. The third kappa shape index (κ3) is 3.38. The predicted octanol–water partition coefficient (Wildman–Crippen LogP) is 1.24. The molecule has 122 valence electrons. The number of anilines is 1. The van der Waals surface area contributed by atoms with E-state index in [0.29, 0.717) is 12.0 Å². The van der Waals surface area contributed by atoms with Crippen molar-refractivity contribution in [2.24, 2.45) is 4.99 Å². The number of aliphatic imine (C=N–C) groups is 1. The van der Waals surface area contributed by atoms with E-state index in [1.165, 1.54) is 10.5 Å². The largest absolute Gasteiger partial charge is 0.423 e. The summed E-state index contributed by atoms with van der Waals surface area (Å²) in [7, 11) is 0. The number of oxazole rings is 1. The third-order valence-corrected chi connectivity index (χ3v) is 4.10. The van der Waals surface area contributed by atoms with E-state index < -0.39 is 0 Å². The van der Waals surface area contributed by atoms with E-state index >= 15 is 0 Å². The zero-order chi connectivity index (χ0) is 16.2. The van der Waals surface area contributed by atoms with Gasteiger partial charge in [-0.2, -0.15) is 9.98 Å². The minimum absolute atomic E-state index is 0.468. The molecule has 0 bridgehead atoms. The van der Waals surface area contributed by atoms with Gasteiger partial charge >= 0.3 is 6.01 Å². The number of fused-ring (bicyclic) bond motifs is 1. The zero-order valence-electron chi connectivity index (χ0n) is 13.3. The molecule has 0 saturated heterocycles. The molecule has 1 aromatic heterocycles. The van der Waals surface area contributed by atoms with Crippen LogP contribution in [0.5, 0.6) is 0 Å². The normalized spacial score (nSPS) is 17.3. The molecule has 24 heavy (non-hydrogen) atoms. The topological polar surface area (TPSA) is 66.9 Å². The van der Waals surface area contributed by atoms with Crippen molar-refractivity contribution in [3.05, 3.63) is 60.2 Å². The lowest BCUT2D eigenvalue weighted by molar-refractivity contribution is -0.902. The molecule has 1 unspecified atom stereocenters. The molecule has 1 atom stereocenters. The van der Waals surface area contributed by atoms with Crippen molar-refractivity contribution in [3.8, 4) is 0 Å². The maximum absolute atomic E-state index is 5.65. The Bertz CT molecular complexity index is 810. The quantitative estimate of drug-likeness (QED) is 0.676. The van der Waals surface area contributed by atoms with E-state index in [4.69, 9.17) is 4.42 Å². The number of nitrogens with one attached hydrogen (secondary N) is 3. The Morgan fingerprint density at radius 2 is 1.92 bits per heavy atom. The molecule has 1 aliphatic heterocycles. The molecule has 0 fully saturated rings. The average molecular weight is 322 g/mol. The minimum Gasteiger partial charge on any atom is -0.423 e. The Balaban J connectivity index is 1.33. The third-order valence-electron chi connectivity index (χ3n) is 4.10. The summed E-state index contributed by atoms with van der Waals surface area (Å²) in [5.74, 6) is 0.713. The lowest BCUT2D eigenvalue weighted by Crippen LogP contribution is -3.14. The molecule has 6 nitrogen and oxygen atoms in total. The highest BCUT2D eigenvalue weighted by atomic mass is 16.4. The molecule has 3 aromatic rings. The molecule has 1 aliphatic rings. The van der Waals surface area contributed by atoms with Crippen LogP contribution in [0.25, 0.3) is 11.1 Å². The Hall–Kier alpha value is -2.86. The van der Waals surface area contributed by atoms with Crippen LogP contribution in [0.3, 0.4) is 0 Å². The summed E-state index contributed by atoms with van der Waals surface area (Å²) in [6.07, 6.45) is 1.06. The second-order valence-corrected chi connectivity index (χ2v) is 5.87. The first-order chi connectivity index (χ1) is 11.9. The Labute approximate surface area is 140 Å². The van der Waals surface area contributed by atoms with E-state index in [2.05, 4.69) is 44.9 Å². The van der Waals surface area contributed by atoms with Gasteiger partial charge in [-0.05, 0) is 17.7 Å². The van der Waals surface area contributed by atoms with E-state index in [1.54, 1.807) is 0 Å². The molecular weight excluding hydrogens is 302 g/mol. The van der Waals surface area contributed by atoms with Crippen LogP contribution < -0.4 is 15.5 Å². The van der Waals surface area contributed by atoms with Crippen LogP contribution in [0.4, 0.5) is 6.01 Å². The lowest BCUT2D eigenvalue weighted by atomic mass is 10.1. The van der Waals surface area contributed by atoms with Gasteiger partial charge in [-0.3, -0.25) is 10.2 Å². The number of nitrogens with zero attached hydrogens (tertiary/aromatic N) is 2. The van der Waals surface area contributed by atoms with Crippen LogP contribution in [0.15, 0.2) is 64.0 Å². The fourth-order valence-corrected chi connectivity index (χ4v) is 2.76. The van der Waals surface area contributed by atoms with Crippen molar-refractivity contribution in [2.75, 3.05) is 25.2 Å². The number of hydrogen-bond donors (Lipinski definition) is 3. The molecule has 2 heterocycles. The van der Waals surface area contributed by atoms with Crippen LogP contribution in [0, 0.1) is 0 Å². The van der Waals surface area contributed by atoms with Gasteiger partial charge in [0.2, 0.25) is 5.96 Å². The second-order valence-electron chi connectivity index (χ2n) is 5.87. The van der Waals surface area contributed by atoms with Crippen molar-refractivity contribution < 1.29 is 9.32 Å². The summed E-state index contributed by atoms with van der Waals surface area (Å²) in [4.78, 5) is 10.3. The highest BCUT2D eigenvalue weighted by Crippen LogP contribution is 2.17. The summed E-state index contributed by atoms with van der Waals surface area (Å²) < 4.78 is 5.65. The molecule has 0 saturated carbocycles. The Morgan fingerprint density at radius 3 is 2.71 bits per heavy atom. The van der Waals surface area contributed by atoms with Gasteiger partial charge < -0.3 is 9.73 Å². The van der Waals surface area contributed by atoms with Gasteiger partial charge in [-0.15, -0.1) is 0 Å². The van der Waals surface area contributed by atoms with Gasteiger partial charge in [-0.25, -0.2) is 0 Å². The molecule has 0 radical (unpaired) electrons. The highest BCUT2D eigenvalue weighted by molar-refractivity contribution is 5.92. The number of guanidine groups is 1. The zero-order valence-corrected chi connectivity index (χ0v) is 13.3. The number of para-hydroxylation sites is 2. The number of rotatable bonds is 4. The predicted molar refractivity (Wildman–Crippen MR) is 93.9 cm³/mol. The van der Waals surface area contributed by atoms with Crippen molar-refractivity contribution in [1.82, 2.24) is 10.3 Å². The Kier molecular flexibility index (Phi) is 4.12. The standard InChI is InChI=1S/C18H19N5O/c1-2-6-14(7-3-1)10-11-23-12-19-17(20-13-23)22-18-21-15-8-4-5-9-16(15)24-18/h1-9H,10-13H2,(H2,19,20,21,22)/p+1. The first-order valence-electron chi connectivity index (χ1n) is 8.15. The summed E-state index contributed by atoms with van der Waals surface area (Å²) >= 11 is 0. The van der Waals surface area contributed by atoms with Crippen LogP contribution >= 0.6 is 0 Å². The van der Waals surface area contributed by atoms with Gasteiger partial charge in [0.1, 0.15) is 5.52 Å². The molecule has 0 spiro atoms. The van der Waals surface area contributed by atoms with Gasteiger partial charge in [0, 0.05) is 6.42 Å². The second kappa shape index (κ2) is 6.72. The van der Waals surface area contributed by atoms with Crippen molar-refractivity contribution in [2.45, 2.75) is 6.42 Å². The minimum atomic E-state index is 0.468. The highest BCUT2D eigenvalue weighted by Gasteiger charge is 2.16. The monoisotopic (exact) mass is 322 g/mol. The van der Waals surface area contributed by atoms with Crippen LogP contribution in [0.1, 0.15) is 5.56 Å². The fourth-order valence-electron chi connectivity index (χ4n) is 2.76.